The number of rotatable bonds is 28. The van der Waals surface area contributed by atoms with Gasteiger partial charge in [0, 0.05) is 6.61 Å². The summed E-state index contributed by atoms with van der Waals surface area (Å²) in [4.78, 5) is 14.5. The zero-order valence-electron chi connectivity index (χ0n) is 34.1. The smallest absolute Gasteiger partial charge is 0.386 e. The average molecular weight is 867 g/mol. The molecule has 19 heteroatoms. The number of aliphatic hydroxyl groups excluding tert-OH is 2. The highest BCUT2D eigenvalue weighted by atomic mass is 31.2. The van der Waals surface area contributed by atoms with Crippen molar-refractivity contribution in [1.29, 1.82) is 10.5 Å². The highest BCUT2D eigenvalue weighted by Gasteiger charge is 2.59. The Morgan fingerprint density at radius 1 is 0.950 bits per heavy atom. The maximum absolute atomic E-state index is 13.9. The highest BCUT2D eigenvalue weighted by molar-refractivity contribution is 7.47. The minimum absolute atomic E-state index is 0.0398. The van der Waals surface area contributed by atoms with E-state index in [4.69, 9.17) is 34.3 Å². The number of hydrogen-bond donors (Lipinski definition) is 4. The fourth-order valence-electron chi connectivity index (χ4n) is 7.09. The van der Waals surface area contributed by atoms with Crippen molar-refractivity contribution >= 4 is 19.2 Å². The molecule has 3 heterocycles. The second-order valence-electron chi connectivity index (χ2n) is 15.1. The number of nitrogens with zero attached hydrogens (tertiary/aromatic N) is 5. The SMILES string of the molecule is CCCCCCCCCCCCCCCCCCOC[C@H](COP(=O)(O)O[C@H]1O[C@@](C#N)(c2ccc3c(N)ncnn23)[C@H](O)[C@@H]1O)OCc1ccc(C#N)cc1C(F)(F)F. The molecule has 15 nitrogen and oxygen atoms in total. The Morgan fingerprint density at radius 2 is 1.57 bits per heavy atom. The molecule has 1 aliphatic rings. The number of unbranched alkanes of at least 4 members (excludes halogenated alkanes) is 15. The van der Waals surface area contributed by atoms with Crippen molar-refractivity contribution in [2.24, 2.45) is 0 Å². The fraction of sp³-hybridized carbons (Fsp3) is 0.659. The van der Waals surface area contributed by atoms with Crippen molar-refractivity contribution in [3.63, 3.8) is 0 Å². The van der Waals surface area contributed by atoms with E-state index in [9.17, 15) is 38.1 Å². The number of benzene rings is 1. The van der Waals surface area contributed by atoms with Crippen LogP contribution in [0.1, 0.15) is 132 Å². The second-order valence-corrected chi connectivity index (χ2v) is 16.5. The molecule has 0 amide bonds. The molecule has 4 rings (SSSR count). The van der Waals surface area contributed by atoms with E-state index in [1.54, 1.807) is 12.1 Å². The van der Waals surface area contributed by atoms with E-state index in [1.807, 2.05) is 0 Å². The predicted molar refractivity (Wildman–Crippen MR) is 214 cm³/mol. The summed E-state index contributed by atoms with van der Waals surface area (Å²) in [6.45, 7) is 0.946. The quantitative estimate of drug-likeness (QED) is 0.0401. The zero-order chi connectivity index (χ0) is 43.6. The number of alkyl halides is 3. The molecule has 0 radical (unpaired) electrons. The Morgan fingerprint density at radius 3 is 2.15 bits per heavy atom. The summed E-state index contributed by atoms with van der Waals surface area (Å²) >= 11 is 0. The van der Waals surface area contributed by atoms with Crippen molar-refractivity contribution in [2.45, 2.75) is 153 Å². The number of nitriles is 2. The van der Waals surface area contributed by atoms with Crippen LogP contribution in [-0.2, 0) is 46.2 Å². The monoisotopic (exact) mass is 866 g/mol. The number of aromatic nitrogens is 3. The van der Waals surface area contributed by atoms with Gasteiger partial charge in [0.25, 0.3) is 0 Å². The molecule has 3 aromatic rings. The molecule has 60 heavy (non-hydrogen) atoms. The molecule has 0 bridgehead atoms. The number of anilines is 1. The van der Waals surface area contributed by atoms with E-state index in [0.29, 0.717) is 12.5 Å². The van der Waals surface area contributed by atoms with E-state index in [-0.39, 0.29) is 41.4 Å². The molecule has 1 fully saturated rings. The molecule has 1 aliphatic heterocycles. The van der Waals surface area contributed by atoms with Gasteiger partial charge in [0.1, 0.15) is 36.2 Å². The molecule has 1 unspecified atom stereocenters. The molecule has 1 saturated heterocycles. The Hall–Kier alpha value is -3.68. The number of phosphoric acid groups is 1. The van der Waals surface area contributed by atoms with Crippen LogP contribution in [0.3, 0.4) is 0 Å². The first-order chi connectivity index (χ1) is 28.8. The minimum Gasteiger partial charge on any atom is -0.386 e. The van der Waals surface area contributed by atoms with Crippen LogP contribution < -0.4 is 5.73 Å². The standard InChI is InChI=1S/C41H58F3N6O9P/c1-2-3-4-5-6-7-8-9-10-11-12-13-14-15-16-17-22-55-26-32(56-25-31-19-18-30(24-45)23-33(31)41(42,43)44)27-57-60(53,54)59-39-36(51)37(52)40(28-46,58-39)35-21-20-34-38(47)48-29-49-50(34)35/h18-21,23,29,32,36-37,39,51-52H,2-17,22,25-27H2,1H3,(H,53,54)(H2,47,48,49)/t32-,36+,37-,39-,40+/m1/s1. The van der Waals surface area contributed by atoms with Gasteiger partial charge in [0.15, 0.2) is 12.1 Å². The van der Waals surface area contributed by atoms with Gasteiger partial charge in [-0.2, -0.15) is 28.8 Å². The van der Waals surface area contributed by atoms with E-state index >= 15 is 0 Å². The third kappa shape index (κ3) is 14.2. The summed E-state index contributed by atoms with van der Waals surface area (Å²) in [6, 6.07) is 9.27. The number of fused-ring (bicyclic) bond motifs is 1. The van der Waals surface area contributed by atoms with Crippen LogP contribution in [0.15, 0.2) is 36.7 Å². The molecular formula is C41H58F3N6O9P. The zero-order valence-corrected chi connectivity index (χ0v) is 35.0. The normalized spacial score (nSPS) is 20.9. The van der Waals surface area contributed by atoms with E-state index in [0.717, 1.165) is 42.6 Å². The molecule has 0 aliphatic carbocycles. The lowest BCUT2D eigenvalue weighted by molar-refractivity contribution is -0.145. The largest absolute Gasteiger partial charge is 0.474 e. The molecule has 6 atom stereocenters. The van der Waals surface area contributed by atoms with E-state index in [1.165, 1.54) is 88.8 Å². The van der Waals surface area contributed by atoms with Crippen LogP contribution in [0.25, 0.3) is 5.52 Å². The van der Waals surface area contributed by atoms with Crippen LogP contribution in [0.2, 0.25) is 0 Å². The van der Waals surface area contributed by atoms with Crippen LogP contribution in [0.4, 0.5) is 19.0 Å². The van der Waals surface area contributed by atoms with Gasteiger partial charge in [-0.25, -0.2) is 14.1 Å². The number of nitrogen functional groups attached to an aromatic ring is 1. The molecule has 2 aromatic heterocycles. The van der Waals surface area contributed by atoms with Gasteiger partial charge < -0.3 is 35.1 Å². The molecule has 0 spiro atoms. The Kier molecular flexibility index (Phi) is 19.7. The third-order valence-corrected chi connectivity index (χ3v) is 11.4. The van der Waals surface area contributed by atoms with Gasteiger partial charge in [-0.15, -0.1) is 0 Å². The Balaban J connectivity index is 1.27. The maximum Gasteiger partial charge on any atom is 0.474 e. The summed E-state index contributed by atoms with van der Waals surface area (Å²) in [6.07, 6.45) is 8.20. The molecule has 0 saturated carbocycles. The van der Waals surface area contributed by atoms with Crippen LogP contribution >= 0.6 is 7.82 Å². The van der Waals surface area contributed by atoms with Crippen molar-refractivity contribution < 1.29 is 56.1 Å². The van der Waals surface area contributed by atoms with Crippen molar-refractivity contribution in [3.05, 3.63) is 59.0 Å². The number of nitrogens with two attached hydrogens (primary N) is 1. The summed E-state index contributed by atoms with van der Waals surface area (Å²) in [5.41, 5.74) is 2.12. The summed E-state index contributed by atoms with van der Waals surface area (Å²) in [5, 5.41) is 45.0. The Labute approximate surface area is 349 Å². The first kappa shape index (κ1) is 49.0. The molecular weight excluding hydrogens is 808 g/mol. The number of aliphatic hydroxyl groups is 2. The summed E-state index contributed by atoms with van der Waals surface area (Å²) in [5.74, 6) is 0.0398. The highest BCUT2D eigenvalue weighted by Crippen LogP contribution is 2.50. The first-order valence-corrected chi connectivity index (χ1v) is 22.2. The summed E-state index contributed by atoms with van der Waals surface area (Å²) < 4.78 is 83.2. The number of halogens is 3. The lowest BCUT2D eigenvalue weighted by Crippen LogP contribution is -2.40. The Bertz CT molecular complexity index is 1910. The van der Waals surface area contributed by atoms with Crippen molar-refractivity contribution in [1.82, 2.24) is 14.6 Å². The fourth-order valence-corrected chi connectivity index (χ4v) is 7.93. The third-order valence-electron chi connectivity index (χ3n) is 10.5. The van der Waals surface area contributed by atoms with Crippen LogP contribution in [-0.4, -0.2) is 74.1 Å². The van der Waals surface area contributed by atoms with Crippen molar-refractivity contribution in [2.75, 3.05) is 25.6 Å². The van der Waals surface area contributed by atoms with Gasteiger partial charge in [-0.05, 0) is 36.2 Å². The minimum atomic E-state index is -5.19. The van der Waals surface area contributed by atoms with E-state index in [2.05, 4.69) is 17.0 Å². The lowest BCUT2D eigenvalue weighted by Gasteiger charge is -2.24. The van der Waals surface area contributed by atoms with Gasteiger partial charge in [0.05, 0.1) is 42.7 Å². The van der Waals surface area contributed by atoms with E-state index < -0.39 is 63.0 Å². The van der Waals surface area contributed by atoms with Crippen LogP contribution in [0, 0.1) is 22.7 Å². The van der Waals surface area contributed by atoms with Crippen molar-refractivity contribution in [3.8, 4) is 12.1 Å². The lowest BCUT2D eigenvalue weighted by atomic mass is 9.93. The summed E-state index contributed by atoms with van der Waals surface area (Å²) in [7, 11) is -5.19. The first-order valence-electron chi connectivity index (χ1n) is 20.8. The molecule has 1 aromatic carbocycles. The second kappa shape index (κ2) is 24.1. The number of hydrogen-bond acceptors (Lipinski definition) is 13. The predicted octanol–water partition coefficient (Wildman–Crippen LogP) is 8.00. The van der Waals surface area contributed by atoms with Gasteiger partial charge in [-0.1, -0.05) is 109 Å². The van der Waals surface area contributed by atoms with Crippen LogP contribution in [0.5, 0.6) is 0 Å². The number of phosphoric ester groups is 1. The molecule has 5 N–H and O–H groups in total. The number of ether oxygens (including phenoxy) is 3. The van der Waals surface area contributed by atoms with Gasteiger partial charge in [0.2, 0.25) is 5.60 Å². The maximum atomic E-state index is 13.9. The van der Waals surface area contributed by atoms with Gasteiger partial charge in [-0.3, -0.25) is 9.05 Å². The average Bonchev–Trinajstić information content (AvgIpc) is 3.76. The van der Waals surface area contributed by atoms with Gasteiger partial charge >= 0.3 is 14.0 Å². The molecule has 332 valence electrons. The topological polar surface area (TPSA) is 228 Å².